The molecule has 0 heterocycles. The van der Waals surface area contributed by atoms with Crippen molar-refractivity contribution < 1.29 is 23.8 Å². The summed E-state index contributed by atoms with van der Waals surface area (Å²) in [5.74, 6) is -0.398. The molecule has 0 spiro atoms. The molecule has 0 aliphatic carbocycles. The van der Waals surface area contributed by atoms with Crippen molar-refractivity contribution in [2.45, 2.75) is 258 Å². The Morgan fingerprint density at radius 3 is 1.17 bits per heavy atom. The number of carbonyl (C=O) groups excluding carboxylic acids is 2. The molecule has 0 saturated carbocycles. The van der Waals surface area contributed by atoms with Gasteiger partial charge in [-0.15, -0.1) is 0 Å². The topological polar surface area (TPSA) is 61.8 Å². The Morgan fingerprint density at radius 2 is 0.750 bits per heavy atom. The van der Waals surface area contributed by atoms with E-state index in [1.165, 1.54) is 173 Å². The zero-order valence-corrected chi connectivity index (χ0v) is 35.4. The molecule has 0 aliphatic heterocycles. The first-order valence-electron chi connectivity index (χ1n) is 23.2. The first kappa shape index (κ1) is 50.6. The van der Waals surface area contributed by atoms with Gasteiger partial charge in [0, 0.05) is 19.4 Å². The van der Waals surface area contributed by atoms with E-state index in [1.54, 1.807) is 0 Å². The number of rotatable bonds is 43. The van der Waals surface area contributed by atoms with Crippen molar-refractivity contribution in [3.8, 4) is 0 Å². The van der Waals surface area contributed by atoms with Crippen LogP contribution in [-0.2, 0) is 23.8 Å². The van der Waals surface area contributed by atoms with Gasteiger partial charge in [0.15, 0.2) is 6.10 Å². The highest BCUT2D eigenvalue weighted by Crippen LogP contribution is 2.15. The van der Waals surface area contributed by atoms with Gasteiger partial charge < -0.3 is 14.2 Å². The number of hydrogen-bond acceptors (Lipinski definition) is 5. The van der Waals surface area contributed by atoms with Crippen LogP contribution in [0.5, 0.6) is 0 Å². The maximum atomic E-state index is 12.5. The second kappa shape index (κ2) is 44.0. The molecule has 1 atom stereocenters. The summed E-state index contributed by atoms with van der Waals surface area (Å²) in [5, 5.41) is 0. The predicted octanol–water partition coefficient (Wildman–Crippen LogP) is 15.1. The first-order valence-corrected chi connectivity index (χ1v) is 23.2. The van der Waals surface area contributed by atoms with E-state index in [0.717, 1.165) is 44.9 Å². The van der Waals surface area contributed by atoms with Crippen LogP contribution in [0.25, 0.3) is 0 Å². The third-order valence-electron chi connectivity index (χ3n) is 10.3. The van der Waals surface area contributed by atoms with E-state index in [9.17, 15) is 9.59 Å². The summed E-state index contributed by atoms with van der Waals surface area (Å²) in [4.78, 5) is 25.0. The van der Waals surface area contributed by atoms with Crippen LogP contribution in [0.15, 0.2) is 12.2 Å². The molecular formula is C47H90O5. The van der Waals surface area contributed by atoms with E-state index < -0.39 is 6.10 Å². The summed E-state index contributed by atoms with van der Waals surface area (Å²) in [6.45, 7) is 7.78. The third kappa shape index (κ3) is 41.4. The van der Waals surface area contributed by atoms with E-state index >= 15 is 0 Å². The Bertz CT molecular complexity index is 750. The largest absolute Gasteiger partial charge is 0.462 e. The molecule has 0 bridgehead atoms. The highest BCUT2D eigenvalue weighted by molar-refractivity contribution is 5.70. The van der Waals surface area contributed by atoms with Gasteiger partial charge in [0.2, 0.25) is 0 Å². The standard InChI is InChI=1S/C47H90O5/c1-4-7-10-13-15-17-19-21-22-23-24-25-27-29-31-33-36-39-42-50-43-45(52-47(49)41-38-34-12-9-6-3)44-51-46(48)40-37-35-32-30-28-26-20-18-16-14-11-8-5-2/h21-22,45H,4-20,23-44H2,1-3H3/b22-21-. The lowest BCUT2D eigenvalue weighted by Crippen LogP contribution is -2.30. The third-order valence-corrected chi connectivity index (χ3v) is 10.3. The van der Waals surface area contributed by atoms with Crippen LogP contribution in [-0.4, -0.2) is 37.9 Å². The molecule has 0 radical (unpaired) electrons. The molecule has 0 saturated heterocycles. The van der Waals surface area contributed by atoms with Crippen LogP contribution in [0.3, 0.4) is 0 Å². The van der Waals surface area contributed by atoms with Crippen molar-refractivity contribution >= 4 is 11.9 Å². The summed E-state index contributed by atoms with van der Waals surface area (Å²) in [7, 11) is 0. The van der Waals surface area contributed by atoms with Crippen LogP contribution >= 0.6 is 0 Å². The summed E-state index contributed by atoms with van der Waals surface area (Å²) >= 11 is 0. The maximum Gasteiger partial charge on any atom is 0.306 e. The lowest BCUT2D eigenvalue weighted by Gasteiger charge is -2.18. The van der Waals surface area contributed by atoms with Crippen molar-refractivity contribution in [3.05, 3.63) is 12.2 Å². The highest BCUT2D eigenvalue weighted by atomic mass is 16.6. The van der Waals surface area contributed by atoms with E-state index in [0.29, 0.717) is 26.1 Å². The van der Waals surface area contributed by atoms with E-state index in [4.69, 9.17) is 14.2 Å². The van der Waals surface area contributed by atoms with Gasteiger partial charge in [-0.3, -0.25) is 9.59 Å². The van der Waals surface area contributed by atoms with Crippen molar-refractivity contribution in [2.24, 2.45) is 0 Å². The number of unbranched alkanes of at least 4 members (excludes halogenated alkanes) is 30. The van der Waals surface area contributed by atoms with Gasteiger partial charge in [-0.1, -0.05) is 206 Å². The Labute approximate surface area is 325 Å². The Balaban J connectivity index is 4.00. The molecule has 1 unspecified atom stereocenters. The van der Waals surface area contributed by atoms with E-state index in [2.05, 4.69) is 32.9 Å². The maximum absolute atomic E-state index is 12.5. The smallest absolute Gasteiger partial charge is 0.306 e. The quantitative estimate of drug-likeness (QED) is 0.0355. The van der Waals surface area contributed by atoms with Crippen molar-refractivity contribution in [3.63, 3.8) is 0 Å². The number of ether oxygens (including phenoxy) is 3. The normalized spacial score (nSPS) is 12.1. The minimum atomic E-state index is -0.524. The molecule has 0 N–H and O–H groups in total. The van der Waals surface area contributed by atoms with Crippen LogP contribution in [0.4, 0.5) is 0 Å². The van der Waals surface area contributed by atoms with Gasteiger partial charge in [-0.2, -0.15) is 0 Å². The molecule has 0 rings (SSSR count). The molecule has 0 amide bonds. The molecule has 52 heavy (non-hydrogen) atoms. The highest BCUT2D eigenvalue weighted by Gasteiger charge is 2.17. The molecule has 0 aromatic carbocycles. The molecule has 5 nitrogen and oxygen atoms in total. The minimum Gasteiger partial charge on any atom is -0.462 e. The Morgan fingerprint density at radius 1 is 0.404 bits per heavy atom. The van der Waals surface area contributed by atoms with E-state index in [1.807, 2.05) is 0 Å². The van der Waals surface area contributed by atoms with Crippen molar-refractivity contribution in [1.29, 1.82) is 0 Å². The second-order valence-electron chi connectivity index (χ2n) is 15.7. The number of allylic oxidation sites excluding steroid dienone is 2. The SMILES string of the molecule is CCCCCCCC/C=C\CCCCCCCCCCOCC(COC(=O)CCCCCCCCCCCCCCC)OC(=O)CCCCCCC. The van der Waals surface area contributed by atoms with Crippen molar-refractivity contribution in [2.75, 3.05) is 19.8 Å². The van der Waals surface area contributed by atoms with Gasteiger partial charge in [0.05, 0.1) is 6.61 Å². The number of hydrogen-bond donors (Lipinski definition) is 0. The zero-order chi connectivity index (χ0) is 37.8. The van der Waals surface area contributed by atoms with E-state index in [-0.39, 0.29) is 18.5 Å². The van der Waals surface area contributed by atoms with Crippen LogP contribution < -0.4 is 0 Å². The van der Waals surface area contributed by atoms with Crippen LogP contribution in [0.1, 0.15) is 252 Å². The predicted molar refractivity (Wildman–Crippen MR) is 224 cm³/mol. The molecule has 0 fully saturated rings. The van der Waals surface area contributed by atoms with Gasteiger partial charge >= 0.3 is 11.9 Å². The fourth-order valence-corrected chi connectivity index (χ4v) is 6.80. The lowest BCUT2D eigenvalue weighted by atomic mass is 10.0. The molecule has 308 valence electrons. The molecule has 5 heteroatoms. The fourth-order valence-electron chi connectivity index (χ4n) is 6.80. The number of carbonyl (C=O) groups is 2. The van der Waals surface area contributed by atoms with Gasteiger partial charge in [-0.25, -0.2) is 0 Å². The first-order chi connectivity index (χ1) is 25.6. The fraction of sp³-hybridized carbons (Fsp3) is 0.915. The molecular weight excluding hydrogens is 645 g/mol. The van der Waals surface area contributed by atoms with Crippen LogP contribution in [0.2, 0.25) is 0 Å². The number of esters is 2. The van der Waals surface area contributed by atoms with Gasteiger partial charge in [0.1, 0.15) is 6.61 Å². The summed E-state index contributed by atoms with van der Waals surface area (Å²) in [5.41, 5.74) is 0. The van der Waals surface area contributed by atoms with Crippen LogP contribution in [0, 0.1) is 0 Å². The minimum absolute atomic E-state index is 0.0910. The zero-order valence-electron chi connectivity index (χ0n) is 35.4. The Hall–Kier alpha value is -1.36. The Kier molecular flexibility index (Phi) is 42.9. The monoisotopic (exact) mass is 735 g/mol. The molecule has 0 aromatic rings. The molecule has 0 aromatic heterocycles. The average Bonchev–Trinajstić information content (AvgIpc) is 3.14. The second-order valence-corrected chi connectivity index (χ2v) is 15.7. The summed E-state index contributed by atoms with van der Waals surface area (Å²) in [6.07, 6.45) is 48.1. The summed E-state index contributed by atoms with van der Waals surface area (Å²) < 4.78 is 17.2. The average molecular weight is 735 g/mol. The lowest BCUT2D eigenvalue weighted by molar-refractivity contribution is -0.163. The van der Waals surface area contributed by atoms with Crippen molar-refractivity contribution in [1.82, 2.24) is 0 Å². The van der Waals surface area contributed by atoms with Gasteiger partial charge in [0.25, 0.3) is 0 Å². The van der Waals surface area contributed by atoms with Gasteiger partial charge in [-0.05, 0) is 44.9 Å². The summed E-state index contributed by atoms with van der Waals surface area (Å²) in [6, 6.07) is 0. The molecule has 0 aliphatic rings.